The fourth-order valence-corrected chi connectivity index (χ4v) is 3.86. The first-order chi connectivity index (χ1) is 12.0. The molecule has 25 heavy (non-hydrogen) atoms. The maximum atomic E-state index is 12.1. The fourth-order valence-electron chi connectivity index (χ4n) is 2.62. The summed E-state index contributed by atoms with van der Waals surface area (Å²) in [6, 6.07) is 5.78. The summed E-state index contributed by atoms with van der Waals surface area (Å²) in [7, 11) is 1.34. The Bertz CT molecular complexity index is 827. The second kappa shape index (κ2) is 7.14. The molecule has 1 aliphatic rings. The fraction of sp³-hybridized carbons (Fsp3) is 0.333. The van der Waals surface area contributed by atoms with E-state index in [4.69, 9.17) is 14.2 Å². The number of benzene rings is 1. The molecule has 0 saturated carbocycles. The Hall–Kier alpha value is -2.54. The monoisotopic (exact) mass is 361 g/mol. The van der Waals surface area contributed by atoms with Gasteiger partial charge in [0.05, 0.1) is 12.7 Å². The normalized spacial score (nSPS) is 12.1. The van der Waals surface area contributed by atoms with E-state index >= 15 is 0 Å². The summed E-state index contributed by atoms with van der Waals surface area (Å²) in [4.78, 5) is 24.9. The van der Waals surface area contributed by atoms with E-state index in [2.05, 4.69) is 5.32 Å². The summed E-state index contributed by atoms with van der Waals surface area (Å²) >= 11 is 1.40. The first-order valence-corrected chi connectivity index (χ1v) is 8.74. The smallest absolute Gasteiger partial charge is 0.341 e. The first-order valence-electron chi connectivity index (χ1n) is 7.92. The van der Waals surface area contributed by atoms with Crippen molar-refractivity contribution in [3.05, 3.63) is 39.8 Å². The molecule has 1 amide bonds. The Morgan fingerprint density at radius 1 is 1.28 bits per heavy atom. The zero-order valence-electron chi connectivity index (χ0n) is 14.3. The van der Waals surface area contributed by atoms with Gasteiger partial charge in [-0.2, -0.15) is 0 Å². The number of ether oxygens (including phenoxy) is 3. The Morgan fingerprint density at radius 2 is 2.04 bits per heavy atom. The molecule has 1 aromatic heterocycles. The predicted octanol–water partition coefficient (Wildman–Crippen LogP) is 3.51. The SMILES string of the molecule is CCC(=O)Nc1sc(Cc2ccc3c(c2)OCO3)c(C)c1C(=O)OC. The number of esters is 1. The Morgan fingerprint density at radius 3 is 2.76 bits per heavy atom. The molecule has 7 heteroatoms. The van der Waals surface area contributed by atoms with Gasteiger partial charge in [-0.15, -0.1) is 11.3 Å². The molecule has 2 aromatic rings. The third-order valence-electron chi connectivity index (χ3n) is 4.01. The molecule has 1 aromatic carbocycles. The van der Waals surface area contributed by atoms with Crippen LogP contribution in [0.5, 0.6) is 11.5 Å². The van der Waals surface area contributed by atoms with Crippen LogP contribution in [0.4, 0.5) is 5.00 Å². The third kappa shape index (κ3) is 3.46. The van der Waals surface area contributed by atoms with E-state index in [0.717, 1.165) is 27.5 Å². The molecular formula is C18H19NO5S. The number of rotatable bonds is 5. The molecule has 0 fully saturated rings. The van der Waals surface area contributed by atoms with Crippen molar-refractivity contribution >= 4 is 28.2 Å². The van der Waals surface area contributed by atoms with E-state index in [1.165, 1.54) is 18.4 Å². The standard InChI is InChI=1S/C18H19NO5S/c1-4-15(20)19-17-16(18(21)22-3)10(2)14(25-17)8-11-5-6-12-13(7-11)24-9-23-12/h5-7H,4,8-9H2,1-3H3,(H,19,20). The number of nitrogens with one attached hydrogen (secondary N) is 1. The minimum absolute atomic E-state index is 0.138. The van der Waals surface area contributed by atoms with E-state index in [9.17, 15) is 9.59 Å². The van der Waals surface area contributed by atoms with Crippen molar-refractivity contribution in [3.8, 4) is 11.5 Å². The number of anilines is 1. The number of hydrogen-bond donors (Lipinski definition) is 1. The van der Waals surface area contributed by atoms with E-state index in [-0.39, 0.29) is 12.7 Å². The van der Waals surface area contributed by atoms with E-state index in [1.807, 2.05) is 25.1 Å². The van der Waals surface area contributed by atoms with Crippen LogP contribution in [0.15, 0.2) is 18.2 Å². The van der Waals surface area contributed by atoms with Gasteiger partial charge in [0, 0.05) is 17.7 Å². The Kier molecular flexibility index (Phi) is 4.94. The Balaban J connectivity index is 1.93. The minimum Gasteiger partial charge on any atom is -0.465 e. The maximum Gasteiger partial charge on any atom is 0.341 e. The third-order valence-corrected chi connectivity index (χ3v) is 5.22. The van der Waals surface area contributed by atoms with Crippen LogP contribution in [-0.4, -0.2) is 25.8 Å². The summed E-state index contributed by atoms with van der Waals surface area (Å²) in [5.41, 5.74) is 2.28. The van der Waals surface area contributed by atoms with Gasteiger partial charge in [-0.25, -0.2) is 4.79 Å². The molecule has 0 spiro atoms. The number of methoxy groups -OCH3 is 1. The summed E-state index contributed by atoms with van der Waals surface area (Å²) in [5.74, 6) is 0.871. The second-order valence-corrected chi connectivity index (χ2v) is 6.72. The molecule has 0 atom stereocenters. The lowest BCUT2D eigenvalue weighted by Gasteiger charge is -2.04. The molecule has 132 valence electrons. The molecule has 0 unspecified atom stereocenters. The van der Waals surface area contributed by atoms with Crippen molar-refractivity contribution < 1.29 is 23.8 Å². The van der Waals surface area contributed by atoms with Gasteiger partial charge in [-0.05, 0) is 30.2 Å². The summed E-state index contributed by atoms with van der Waals surface area (Å²) < 4.78 is 15.6. The van der Waals surface area contributed by atoms with Crippen molar-refractivity contribution in [1.82, 2.24) is 0 Å². The van der Waals surface area contributed by atoms with Crippen LogP contribution in [0, 0.1) is 6.92 Å². The lowest BCUT2D eigenvalue weighted by atomic mass is 10.1. The van der Waals surface area contributed by atoms with Gasteiger partial charge in [-0.3, -0.25) is 4.79 Å². The van der Waals surface area contributed by atoms with Crippen LogP contribution < -0.4 is 14.8 Å². The number of carbonyl (C=O) groups is 2. The van der Waals surface area contributed by atoms with E-state index in [1.54, 1.807) is 6.92 Å². The average molecular weight is 361 g/mol. The lowest BCUT2D eigenvalue weighted by molar-refractivity contribution is -0.115. The average Bonchev–Trinajstić information content (AvgIpc) is 3.19. The highest BCUT2D eigenvalue weighted by Gasteiger charge is 2.23. The van der Waals surface area contributed by atoms with Crippen molar-refractivity contribution in [2.24, 2.45) is 0 Å². The highest BCUT2D eigenvalue weighted by molar-refractivity contribution is 7.17. The summed E-state index contributed by atoms with van der Waals surface area (Å²) in [5, 5.41) is 3.33. The maximum absolute atomic E-state index is 12.1. The van der Waals surface area contributed by atoms with Crippen LogP contribution in [0.1, 0.15) is 39.7 Å². The zero-order chi connectivity index (χ0) is 18.0. The molecule has 0 radical (unpaired) electrons. The van der Waals surface area contributed by atoms with Gasteiger partial charge in [0.15, 0.2) is 11.5 Å². The van der Waals surface area contributed by atoms with Crippen LogP contribution in [0.2, 0.25) is 0 Å². The molecule has 1 N–H and O–H groups in total. The molecule has 0 aliphatic carbocycles. The molecule has 0 saturated heterocycles. The molecular weight excluding hydrogens is 342 g/mol. The number of carbonyl (C=O) groups excluding carboxylic acids is 2. The number of amides is 1. The first kappa shape index (κ1) is 17.3. The number of fused-ring (bicyclic) bond motifs is 1. The van der Waals surface area contributed by atoms with Crippen molar-refractivity contribution in [1.29, 1.82) is 0 Å². The number of thiophene rings is 1. The van der Waals surface area contributed by atoms with Gasteiger partial charge < -0.3 is 19.5 Å². The highest BCUT2D eigenvalue weighted by Crippen LogP contribution is 2.37. The van der Waals surface area contributed by atoms with Crippen LogP contribution in [0.3, 0.4) is 0 Å². The van der Waals surface area contributed by atoms with Crippen molar-refractivity contribution in [2.45, 2.75) is 26.7 Å². The molecule has 0 bridgehead atoms. The van der Waals surface area contributed by atoms with Crippen molar-refractivity contribution in [2.75, 3.05) is 19.2 Å². The lowest BCUT2D eigenvalue weighted by Crippen LogP contribution is -2.12. The Labute approximate surface area is 149 Å². The van der Waals surface area contributed by atoms with Crippen LogP contribution in [0.25, 0.3) is 0 Å². The van der Waals surface area contributed by atoms with E-state index in [0.29, 0.717) is 23.4 Å². The number of hydrogen-bond acceptors (Lipinski definition) is 6. The van der Waals surface area contributed by atoms with E-state index < -0.39 is 5.97 Å². The zero-order valence-corrected chi connectivity index (χ0v) is 15.1. The topological polar surface area (TPSA) is 73.9 Å². The van der Waals surface area contributed by atoms with Gasteiger partial charge in [0.1, 0.15) is 5.00 Å². The molecule has 3 rings (SSSR count). The largest absolute Gasteiger partial charge is 0.465 e. The van der Waals surface area contributed by atoms with Gasteiger partial charge in [0.25, 0.3) is 0 Å². The van der Waals surface area contributed by atoms with Crippen LogP contribution >= 0.6 is 11.3 Å². The van der Waals surface area contributed by atoms with Gasteiger partial charge >= 0.3 is 5.97 Å². The summed E-state index contributed by atoms with van der Waals surface area (Å²) in [6.07, 6.45) is 0.966. The molecule has 6 nitrogen and oxygen atoms in total. The second-order valence-electron chi connectivity index (χ2n) is 5.61. The van der Waals surface area contributed by atoms with Gasteiger partial charge in [-0.1, -0.05) is 13.0 Å². The summed E-state index contributed by atoms with van der Waals surface area (Å²) in [6.45, 7) is 3.87. The highest BCUT2D eigenvalue weighted by atomic mass is 32.1. The quantitative estimate of drug-likeness (QED) is 0.825. The molecule has 1 aliphatic heterocycles. The van der Waals surface area contributed by atoms with Crippen molar-refractivity contribution in [3.63, 3.8) is 0 Å². The minimum atomic E-state index is -0.447. The van der Waals surface area contributed by atoms with Crippen LogP contribution in [-0.2, 0) is 16.0 Å². The predicted molar refractivity (Wildman–Crippen MR) is 94.7 cm³/mol. The van der Waals surface area contributed by atoms with Gasteiger partial charge in [0.2, 0.25) is 12.7 Å². The molecule has 2 heterocycles.